The number of aromatic nitrogens is 8. The standard InChI is InChI=1S/C28H30N2O5.C27H28N2O5.C26H26N2O5.C25H24N2O5/c1-6-16-17-12-30-21(10-19-18(27(30)31)13-35-15(5)28(19,32)7-2)25(17)29-20-11-22-26(34-9-8-33-22)23(14(3)4)24(16)20;1-6-15-16-10-29-20(8-18-17(26(29)30)11-32-14(5)27(18,31)7-2)24(16)28-19-9-21-25(34-12-33-21)22(13(3)4)23(15)19;1-5-26(30)14(4)33-12-17-18(26)9-20-23-15(11-28(20)25(17)29)8-16-19(27-23)10-21-24(22(16)13(2)3)32-7-6-31-21;1-5-25(29)13(4)30-10-16-17(25)7-19-22-14(9-27(19)24(16)28)6-15-18(26-22)8-20-23(32-11-31-20)21(15)12(2)3/h10-11,14,32H,5-9,12-13H2,1-4H3;8-9,13,31H,5-7,10-12H2,1-4H3;8-10,13,30H,4-7,11-12H2,1-3H3;6-8,12,29H,4-5,9-11H2,1-3H3/t28-;27-;26-;25-/m1111/s1. The van der Waals surface area contributed by atoms with Crippen LogP contribution >= 0.6 is 0 Å². The van der Waals surface area contributed by atoms with Crippen molar-refractivity contribution in [1.29, 1.82) is 0 Å². The first-order valence-corrected chi connectivity index (χ1v) is 46.6. The van der Waals surface area contributed by atoms with Crippen molar-refractivity contribution in [2.45, 2.75) is 234 Å². The van der Waals surface area contributed by atoms with Crippen LogP contribution in [0.25, 0.3) is 89.2 Å². The number of ether oxygens (including phenoxy) is 12. The number of aliphatic hydroxyl groups is 4. The van der Waals surface area contributed by atoms with Gasteiger partial charge >= 0.3 is 0 Å². The minimum Gasteiger partial charge on any atom is -0.490 e. The van der Waals surface area contributed by atoms with Crippen LogP contribution in [0.4, 0.5) is 0 Å². The fraction of sp³-hybridized carbons (Fsp3) is 0.396. The van der Waals surface area contributed by atoms with E-state index in [2.05, 4.69) is 108 Å². The fourth-order valence-corrected chi connectivity index (χ4v) is 22.3. The van der Waals surface area contributed by atoms with Gasteiger partial charge in [-0.3, -0.25) is 19.2 Å². The summed E-state index contributed by atoms with van der Waals surface area (Å²) in [7, 11) is 0. The lowest BCUT2D eigenvalue weighted by molar-refractivity contribution is -0.0173. The summed E-state index contributed by atoms with van der Waals surface area (Å²) in [5.74, 6) is 7.97. The van der Waals surface area contributed by atoms with E-state index >= 15 is 0 Å². The minimum absolute atomic E-state index is 0.111. The molecule has 12 aromatic rings. The highest BCUT2D eigenvalue weighted by molar-refractivity contribution is 5.98. The normalized spacial score (nSPS) is 20.2. The number of hydrogen-bond acceptors (Lipinski definition) is 24. The molecule has 4 aromatic carbocycles. The Morgan fingerprint density at radius 2 is 0.604 bits per heavy atom. The zero-order valence-corrected chi connectivity index (χ0v) is 78.0. The lowest BCUT2D eigenvalue weighted by Gasteiger charge is -2.35. The van der Waals surface area contributed by atoms with E-state index in [1.165, 1.54) is 11.1 Å². The third kappa shape index (κ3) is 12.6. The average Bonchev–Trinajstić information content (AvgIpc) is 1.53. The zero-order valence-electron chi connectivity index (χ0n) is 78.0. The van der Waals surface area contributed by atoms with E-state index in [0.717, 1.165) is 164 Å². The van der Waals surface area contributed by atoms with Crippen LogP contribution in [0.2, 0.25) is 0 Å². The predicted octanol–water partition coefficient (Wildman–Crippen LogP) is 16.9. The minimum atomic E-state index is -1.40. The molecular formula is C106H108N8O20. The summed E-state index contributed by atoms with van der Waals surface area (Å²) in [4.78, 5) is 74.2. The molecule has 28 heteroatoms. The molecule has 0 saturated heterocycles. The molecule has 20 heterocycles. The summed E-state index contributed by atoms with van der Waals surface area (Å²) in [6.07, 6.45) is 3.04. The second kappa shape index (κ2) is 31.7. The maximum absolute atomic E-state index is 13.6. The van der Waals surface area contributed by atoms with Crippen LogP contribution in [-0.2, 0) is 107 Å². The largest absolute Gasteiger partial charge is 0.490 e. The van der Waals surface area contributed by atoms with E-state index in [0.29, 0.717) is 151 Å². The first-order chi connectivity index (χ1) is 64.2. The van der Waals surface area contributed by atoms with Crippen molar-refractivity contribution >= 4 is 43.6 Å². The van der Waals surface area contributed by atoms with Gasteiger partial charge < -0.3 is 95.5 Å². The van der Waals surface area contributed by atoms with Crippen LogP contribution < -0.4 is 60.1 Å². The van der Waals surface area contributed by atoms with Crippen molar-refractivity contribution in [2.24, 2.45) is 0 Å². The summed E-state index contributed by atoms with van der Waals surface area (Å²) in [5, 5.41) is 49.5. The van der Waals surface area contributed by atoms with Crippen LogP contribution in [0.3, 0.4) is 0 Å². The Bertz CT molecular complexity index is 7540. The first-order valence-electron chi connectivity index (χ1n) is 46.6. The molecule has 12 aliphatic heterocycles. The summed E-state index contributed by atoms with van der Waals surface area (Å²) < 4.78 is 76.3. The quantitative estimate of drug-likeness (QED) is 0.0988. The Morgan fingerprint density at radius 1 is 0.328 bits per heavy atom. The van der Waals surface area contributed by atoms with E-state index < -0.39 is 22.4 Å². The summed E-state index contributed by atoms with van der Waals surface area (Å²) in [6, 6.07) is 19.6. The van der Waals surface area contributed by atoms with Gasteiger partial charge in [-0.25, -0.2) is 19.9 Å². The lowest BCUT2D eigenvalue weighted by Crippen LogP contribution is -2.38. The molecule has 28 nitrogen and oxygen atoms in total. The number of rotatable bonds is 10. The predicted molar refractivity (Wildman–Crippen MR) is 504 cm³/mol. The van der Waals surface area contributed by atoms with Crippen molar-refractivity contribution in [3.8, 4) is 91.5 Å². The highest BCUT2D eigenvalue weighted by Gasteiger charge is 2.48. The van der Waals surface area contributed by atoms with Gasteiger partial charge in [0.15, 0.2) is 46.0 Å². The molecule has 4 atom stereocenters. The van der Waals surface area contributed by atoms with Gasteiger partial charge in [0.2, 0.25) is 13.6 Å². The molecule has 692 valence electrons. The molecule has 0 fully saturated rings. The molecule has 24 rings (SSSR count). The Labute approximate surface area is 772 Å². The van der Waals surface area contributed by atoms with Gasteiger partial charge in [-0.2, -0.15) is 0 Å². The van der Waals surface area contributed by atoms with Crippen LogP contribution in [0.5, 0.6) is 46.0 Å². The van der Waals surface area contributed by atoms with Gasteiger partial charge in [-0.05, 0) is 110 Å². The van der Waals surface area contributed by atoms with Crippen LogP contribution in [0, 0.1) is 0 Å². The van der Waals surface area contributed by atoms with Crippen LogP contribution in [0.1, 0.15) is 246 Å². The van der Waals surface area contributed by atoms with Crippen molar-refractivity contribution in [1.82, 2.24) is 38.2 Å². The number of fused-ring (bicyclic) bond motifs is 24. The van der Waals surface area contributed by atoms with Gasteiger partial charge in [0.05, 0.1) is 116 Å². The number of aryl methyl sites for hydroxylation is 2. The first kappa shape index (κ1) is 87.4. The van der Waals surface area contributed by atoms with E-state index in [4.69, 9.17) is 76.8 Å². The van der Waals surface area contributed by atoms with E-state index in [1.54, 1.807) is 18.3 Å². The van der Waals surface area contributed by atoms with E-state index in [1.807, 2.05) is 76.2 Å². The number of benzene rings is 4. The number of nitrogens with zero attached hydrogens (tertiary/aromatic N) is 8. The highest BCUT2D eigenvalue weighted by Crippen LogP contribution is 2.55. The topological polar surface area (TPSA) is 331 Å². The molecule has 0 radical (unpaired) electrons. The molecule has 8 aromatic heterocycles. The second-order valence-corrected chi connectivity index (χ2v) is 37.7. The van der Waals surface area contributed by atoms with Crippen molar-refractivity contribution < 1.29 is 77.3 Å². The Kier molecular flexibility index (Phi) is 20.7. The monoisotopic (exact) mass is 1810 g/mol. The molecule has 0 saturated carbocycles. The SMILES string of the molecule is C=C1OCc2c(cc3n(c2=O)Cc2c-3nc3cc4c(c(C(C)C)c3c2CC)OCCO4)[C@@]1(O)CC.C=C1OCc2c(cc3n(c2=O)Cc2c-3nc3cc4c(c(C(C)C)c3c2CC)OCO4)[C@@]1(O)CC.C=C1OCc2c(cc3n(c2=O)Cc2cc4c(C(C)C)c5c(cc4nc2-3)OCCO5)[C@@]1(O)CC.C=C1OCc2c(cc3n(c2=O)Cc2cc4c(C(C)C)c5c(cc4nc2-3)OCO5)[C@@]1(O)CC. The van der Waals surface area contributed by atoms with Crippen molar-refractivity contribution in [3.63, 3.8) is 0 Å². The Balaban J connectivity index is 0.000000107. The van der Waals surface area contributed by atoms with E-state index in [9.17, 15) is 39.6 Å². The molecule has 4 N–H and O–H groups in total. The van der Waals surface area contributed by atoms with Crippen molar-refractivity contribution in [3.05, 3.63) is 252 Å². The van der Waals surface area contributed by atoms with Crippen LogP contribution in [0.15, 0.2) is 129 Å². The summed E-state index contributed by atoms with van der Waals surface area (Å²) in [6.45, 7) is 49.1. The lowest BCUT2D eigenvalue weighted by atomic mass is 9.84. The number of pyridine rings is 8. The van der Waals surface area contributed by atoms with Gasteiger partial charge in [-0.1, -0.05) is 123 Å². The fourth-order valence-electron chi connectivity index (χ4n) is 22.3. The molecule has 134 heavy (non-hydrogen) atoms. The summed E-state index contributed by atoms with van der Waals surface area (Å²) >= 11 is 0. The van der Waals surface area contributed by atoms with Gasteiger partial charge in [-0.15, -0.1) is 0 Å². The Morgan fingerprint density at radius 3 is 0.925 bits per heavy atom. The van der Waals surface area contributed by atoms with Gasteiger partial charge in [0, 0.05) is 113 Å². The number of hydrogen-bond donors (Lipinski definition) is 4. The Hall–Kier alpha value is -13.3. The van der Waals surface area contributed by atoms with Gasteiger partial charge in [0.25, 0.3) is 22.2 Å². The highest BCUT2D eigenvalue weighted by atomic mass is 16.7. The molecule has 0 spiro atoms. The molecule has 0 unspecified atom stereocenters. The summed E-state index contributed by atoms with van der Waals surface area (Å²) in [5.41, 5.74) is 18.0. The van der Waals surface area contributed by atoms with Gasteiger partial charge in [0.1, 0.15) is 98.3 Å². The second-order valence-electron chi connectivity index (χ2n) is 37.7. The van der Waals surface area contributed by atoms with Crippen LogP contribution in [-0.4, -0.2) is 98.6 Å². The molecular weight excluding hydrogens is 1710 g/mol. The molecule has 0 aliphatic carbocycles. The maximum Gasteiger partial charge on any atom is 0.258 e. The molecule has 12 aliphatic rings. The van der Waals surface area contributed by atoms with Crippen molar-refractivity contribution in [2.75, 3.05) is 40.0 Å². The smallest absolute Gasteiger partial charge is 0.258 e. The molecule has 0 bridgehead atoms. The molecule has 0 amide bonds. The third-order valence-corrected chi connectivity index (χ3v) is 29.3. The van der Waals surface area contributed by atoms with E-state index in [-0.39, 0.29) is 109 Å². The zero-order chi connectivity index (χ0) is 94.0. The maximum atomic E-state index is 13.6. The third-order valence-electron chi connectivity index (χ3n) is 29.3. The average molecular weight is 1810 g/mol.